The van der Waals surface area contributed by atoms with Crippen LogP contribution in [-0.4, -0.2) is 11.1 Å². The lowest BCUT2D eigenvalue weighted by atomic mass is 10.1. The maximum atomic E-state index is 5.61. The van der Waals surface area contributed by atoms with Crippen molar-refractivity contribution < 1.29 is 0 Å². The summed E-state index contributed by atoms with van der Waals surface area (Å²) in [5.74, 6) is 0. The van der Waals surface area contributed by atoms with Crippen molar-refractivity contribution >= 4 is 10.9 Å². The summed E-state index contributed by atoms with van der Waals surface area (Å²) in [5.41, 5.74) is 8.50. The van der Waals surface area contributed by atoms with Gasteiger partial charge in [-0.25, -0.2) is 0 Å². The highest BCUT2D eigenvalue weighted by Crippen LogP contribution is 2.23. The van der Waals surface area contributed by atoms with E-state index in [2.05, 4.69) is 42.0 Å². The van der Waals surface area contributed by atoms with E-state index in [-0.39, 0.29) is 0 Å². The lowest BCUT2D eigenvalue weighted by molar-refractivity contribution is 0.576. The van der Waals surface area contributed by atoms with Gasteiger partial charge >= 0.3 is 0 Å². The van der Waals surface area contributed by atoms with E-state index in [4.69, 9.17) is 5.73 Å². The number of benzene rings is 1. The fourth-order valence-corrected chi connectivity index (χ4v) is 3.05. The molecule has 0 amide bonds. The molecule has 2 rings (SSSR count). The van der Waals surface area contributed by atoms with Crippen molar-refractivity contribution in [3.63, 3.8) is 0 Å². The predicted molar refractivity (Wildman–Crippen MR) is 92.7 cm³/mol. The Hall–Kier alpha value is -1.28. The van der Waals surface area contributed by atoms with Crippen LogP contribution in [-0.2, 0) is 13.0 Å². The zero-order chi connectivity index (χ0) is 14.9. The van der Waals surface area contributed by atoms with Gasteiger partial charge in [-0.3, -0.25) is 0 Å². The lowest BCUT2D eigenvalue weighted by Gasteiger charge is -2.05. The number of fused-ring (bicyclic) bond motifs is 1. The monoisotopic (exact) mass is 286 g/mol. The highest BCUT2D eigenvalue weighted by molar-refractivity contribution is 5.83. The minimum absolute atomic E-state index is 0.802. The zero-order valence-corrected chi connectivity index (χ0v) is 13.5. The second-order valence-electron chi connectivity index (χ2n) is 6.02. The van der Waals surface area contributed by atoms with Crippen LogP contribution in [0.15, 0.2) is 30.5 Å². The van der Waals surface area contributed by atoms with Crippen molar-refractivity contribution in [2.45, 2.75) is 64.8 Å². The third kappa shape index (κ3) is 4.60. The topological polar surface area (TPSA) is 30.9 Å². The molecule has 1 aromatic carbocycles. The highest BCUT2D eigenvalue weighted by atomic mass is 15.0. The van der Waals surface area contributed by atoms with Gasteiger partial charge in [-0.1, -0.05) is 50.8 Å². The molecule has 2 heteroatoms. The Morgan fingerprint density at radius 2 is 1.76 bits per heavy atom. The zero-order valence-electron chi connectivity index (χ0n) is 13.5. The summed E-state index contributed by atoms with van der Waals surface area (Å²) in [6, 6.07) is 8.83. The summed E-state index contributed by atoms with van der Waals surface area (Å²) < 4.78 is 2.46. The average Bonchev–Trinajstić information content (AvgIpc) is 2.86. The van der Waals surface area contributed by atoms with Crippen LogP contribution >= 0.6 is 0 Å². The fraction of sp³-hybridized carbons (Fsp3) is 0.579. The first-order chi connectivity index (χ1) is 10.4. The predicted octanol–water partition coefficient (Wildman–Crippen LogP) is 4.89. The maximum absolute atomic E-state index is 5.61. The second-order valence-corrected chi connectivity index (χ2v) is 6.02. The molecule has 0 saturated carbocycles. The van der Waals surface area contributed by atoms with Gasteiger partial charge in [0.05, 0.1) is 0 Å². The first kappa shape index (κ1) is 16.1. The first-order valence-electron chi connectivity index (χ1n) is 8.63. The number of aryl methyl sites for hydroxylation is 2. The smallest absolute Gasteiger partial charge is 0.0483 e. The Bertz CT molecular complexity index is 527. The normalized spacial score (nSPS) is 11.3. The molecule has 0 atom stereocenters. The number of aromatic nitrogens is 1. The number of para-hydroxylation sites is 1. The lowest BCUT2D eigenvalue weighted by Crippen LogP contribution is -1.99. The van der Waals surface area contributed by atoms with Crippen LogP contribution in [0.4, 0.5) is 0 Å². The molecule has 1 heterocycles. The van der Waals surface area contributed by atoms with Crippen molar-refractivity contribution in [3.8, 4) is 0 Å². The molecule has 116 valence electrons. The van der Waals surface area contributed by atoms with Gasteiger partial charge in [0.1, 0.15) is 0 Å². The van der Waals surface area contributed by atoms with Crippen molar-refractivity contribution in [1.29, 1.82) is 0 Å². The third-order valence-electron chi connectivity index (χ3n) is 4.27. The van der Waals surface area contributed by atoms with Crippen LogP contribution in [0, 0.1) is 0 Å². The van der Waals surface area contributed by atoms with Crippen molar-refractivity contribution in [1.82, 2.24) is 4.57 Å². The van der Waals surface area contributed by atoms with Gasteiger partial charge in [-0.15, -0.1) is 0 Å². The summed E-state index contributed by atoms with van der Waals surface area (Å²) >= 11 is 0. The summed E-state index contributed by atoms with van der Waals surface area (Å²) in [4.78, 5) is 0. The molecule has 0 aliphatic rings. The molecule has 0 bridgehead atoms. The Labute approximate surface area is 129 Å². The molecule has 0 aliphatic heterocycles. The quantitative estimate of drug-likeness (QED) is 0.619. The van der Waals surface area contributed by atoms with Crippen molar-refractivity contribution in [2.24, 2.45) is 5.73 Å². The largest absolute Gasteiger partial charge is 0.347 e. The molecule has 2 nitrogen and oxygen atoms in total. The van der Waals surface area contributed by atoms with Crippen LogP contribution in [0.2, 0.25) is 0 Å². The molecule has 0 unspecified atom stereocenters. The first-order valence-corrected chi connectivity index (χ1v) is 8.63. The Morgan fingerprint density at radius 1 is 0.952 bits per heavy atom. The van der Waals surface area contributed by atoms with Gasteiger partial charge in [0.25, 0.3) is 0 Å². The van der Waals surface area contributed by atoms with Gasteiger partial charge in [-0.05, 0) is 43.9 Å². The fourth-order valence-electron chi connectivity index (χ4n) is 3.05. The molecule has 1 aromatic heterocycles. The van der Waals surface area contributed by atoms with Gasteiger partial charge in [0.15, 0.2) is 0 Å². The molecule has 2 aromatic rings. The number of nitrogens with two attached hydrogens (primary N) is 1. The maximum Gasteiger partial charge on any atom is 0.0483 e. The second kappa shape index (κ2) is 8.89. The standard InChI is InChI=1S/C19H30N2/c1-2-3-4-5-10-15-21-16-17(11-8-9-14-20)18-12-6-7-13-19(18)21/h6-7,12-13,16H,2-5,8-11,14-15,20H2,1H3. The Morgan fingerprint density at radius 3 is 2.57 bits per heavy atom. The van der Waals surface area contributed by atoms with Crippen LogP contribution in [0.25, 0.3) is 10.9 Å². The molecule has 21 heavy (non-hydrogen) atoms. The molecular weight excluding hydrogens is 256 g/mol. The molecular formula is C19H30N2. The van der Waals surface area contributed by atoms with E-state index < -0.39 is 0 Å². The summed E-state index contributed by atoms with van der Waals surface area (Å²) in [6.45, 7) is 4.23. The summed E-state index contributed by atoms with van der Waals surface area (Å²) in [5, 5.41) is 1.43. The molecule has 0 saturated heterocycles. The molecule has 2 N–H and O–H groups in total. The highest BCUT2D eigenvalue weighted by Gasteiger charge is 2.07. The Balaban J connectivity index is 2.01. The molecule has 0 fully saturated rings. The van der Waals surface area contributed by atoms with Crippen LogP contribution in [0.1, 0.15) is 57.4 Å². The van der Waals surface area contributed by atoms with E-state index in [0.29, 0.717) is 0 Å². The van der Waals surface area contributed by atoms with E-state index in [0.717, 1.165) is 25.9 Å². The molecule has 0 aliphatic carbocycles. The minimum atomic E-state index is 0.802. The van der Waals surface area contributed by atoms with Crippen LogP contribution in [0.5, 0.6) is 0 Å². The van der Waals surface area contributed by atoms with Gasteiger partial charge in [0, 0.05) is 23.6 Å². The number of unbranched alkanes of at least 4 members (excludes halogenated alkanes) is 5. The molecule has 0 radical (unpaired) electrons. The van der Waals surface area contributed by atoms with E-state index in [9.17, 15) is 0 Å². The number of nitrogens with zero attached hydrogens (tertiary/aromatic N) is 1. The minimum Gasteiger partial charge on any atom is -0.347 e. The van der Waals surface area contributed by atoms with Crippen LogP contribution in [0.3, 0.4) is 0 Å². The van der Waals surface area contributed by atoms with Gasteiger partial charge < -0.3 is 10.3 Å². The number of hydrogen-bond donors (Lipinski definition) is 1. The van der Waals surface area contributed by atoms with Crippen LogP contribution < -0.4 is 5.73 Å². The summed E-state index contributed by atoms with van der Waals surface area (Å²) in [7, 11) is 0. The number of hydrogen-bond acceptors (Lipinski definition) is 1. The van der Waals surface area contributed by atoms with Gasteiger partial charge in [-0.2, -0.15) is 0 Å². The summed E-state index contributed by atoms with van der Waals surface area (Å²) in [6.07, 6.45) is 12.6. The van der Waals surface area contributed by atoms with E-state index >= 15 is 0 Å². The van der Waals surface area contributed by atoms with E-state index in [1.807, 2.05) is 0 Å². The average molecular weight is 286 g/mol. The van der Waals surface area contributed by atoms with Crippen molar-refractivity contribution in [3.05, 3.63) is 36.0 Å². The third-order valence-corrected chi connectivity index (χ3v) is 4.27. The van der Waals surface area contributed by atoms with Crippen molar-refractivity contribution in [2.75, 3.05) is 6.54 Å². The Kier molecular flexibility index (Phi) is 6.81. The van der Waals surface area contributed by atoms with Gasteiger partial charge in [0.2, 0.25) is 0 Å². The SMILES string of the molecule is CCCCCCCn1cc(CCCCN)c2ccccc21. The van der Waals surface area contributed by atoms with E-state index in [1.54, 1.807) is 0 Å². The van der Waals surface area contributed by atoms with E-state index in [1.165, 1.54) is 55.0 Å². The number of rotatable bonds is 10. The molecule has 0 spiro atoms.